The van der Waals surface area contributed by atoms with Crippen LogP contribution < -0.4 is 15.0 Å². The fraction of sp³-hybridized carbons (Fsp3) is 0.263. The lowest BCUT2D eigenvalue weighted by molar-refractivity contribution is -0.384. The van der Waals surface area contributed by atoms with Crippen LogP contribution >= 0.6 is 0 Å². The third kappa shape index (κ3) is 5.19. The van der Waals surface area contributed by atoms with Gasteiger partial charge in [0.05, 0.1) is 24.1 Å². The van der Waals surface area contributed by atoms with Crippen LogP contribution in [0.4, 0.5) is 11.4 Å². The van der Waals surface area contributed by atoms with Gasteiger partial charge in [0.2, 0.25) is 5.91 Å². The highest BCUT2D eigenvalue weighted by Crippen LogP contribution is 2.26. The number of rotatable bonds is 9. The van der Waals surface area contributed by atoms with Gasteiger partial charge in [0.15, 0.2) is 0 Å². The Morgan fingerprint density at radius 1 is 1.25 bits per heavy atom. The molecule has 9 nitrogen and oxygen atoms in total. The van der Waals surface area contributed by atoms with E-state index in [1.165, 1.54) is 30.2 Å². The number of anilines is 1. The quantitative estimate of drug-likeness (QED) is 0.499. The molecule has 0 spiro atoms. The molecule has 2 aromatic rings. The fourth-order valence-corrected chi connectivity index (χ4v) is 2.72. The zero-order chi connectivity index (χ0) is 20.7. The van der Waals surface area contributed by atoms with Crippen LogP contribution in [0, 0.1) is 10.1 Å². The van der Waals surface area contributed by atoms with E-state index in [0.29, 0.717) is 24.4 Å². The van der Waals surface area contributed by atoms with E-state index in [0.717, 1.165) is 5.56 Å². The zero-order valence-electron chi connectivity index (χ0n) is 15.5. The minimum absolute atomic E-state index is 0.0417. The summed E-state index contributed by atoms with van der Waals surface area (Å²) in [5, 5.41) is 22.9. The van der Waals surface area contributed by atoms with Gasteiger partial charge in [0, 0.05) is 19.7 Å². The van der Waals surface area contributed by atoms with Crippen molar-refractivity contribution in [2.75, 3.05) is 32.1 Å². The van der Waals surface area contributed by atoms with Crippen LogP contribution in [-0.4, -0.2) is 49.2 Å². The number of benzene rings is 2. The van der Waals surface area contributed by atoms with Crippen LogP contribution in [0.5, 0.6) is 5.75 Å². The van der Waals surface area contributed by atoms with E-state index < -0.39 is 10.9 Å². The van der Waals surface area contributed by atoms with Gasteiger partial charge in [0.25, 0.3) is 5.69 Å². The van der Waals surface area contributed by atoms with Gasteiger partial charge < -0.3 is 20.1 Å². The number of carboxylic acid groups (broad SMARTS) is 1. The molecule has 0 saturated heterocycles. The van der Waals surface area contributed by atoms with Crippen molar-refractivity contribution < 1.29 is 24.4 Å². The molecule has 2 rings (SSSR count). The van der Waals surface area contributed by atoms with Gasteiger partial charge in [-0.1, -0.05) is 18.2 Å². The van der Waals surface area contributed by atoms with Crippen molar-refractivity contribution in [3.8, 4) is 5.75 Å². The first-order valence-electron chi connectivity index (χ1n) is 8.45. The standard InChI is InChI=1S/C19H21N3O6/c1-21(15-5-3-4-6-16(15)22(26)27)12-18(23)20-10-9-13-7-8-14(19(24)25)11-17(13)28-2/h3-8,11H,9-10,12H2,1-2H3,(H,20,23)(H,24,25). The first-order valence-corrected chi connectivity index (χ1v) is 8.45. The highest BCUT2D eigenvalue weighted by molar-refractivity contribution is 5.88. The van der Waals surface area contributed by atoms with Crippen LogP contribution in [-0.2, 0) is 11.2 Å². The summed E-state index contributed by atoms with van der Waals surface area (Å²) in [6.45, 7) is 0.270. The van der Waals surface area contributed by atoms with E-state index in [-0.39, 0.29) is 23.7 Å². The van der Waals surface area contributed by atoms with Crippen LogP contribution in [0.2, 0.25) is 0 Å². The van der Waals surface area contributed by atoms with Crippen molar-refractivity contribution in [3.63, 3.8) is 0 Å². The Kier molecular flexibility index (Phi) is 6.91. The third-order valence-electron chi connectivity index (χ3n) is 4.12. The molecule has 2 N–H and O–H groups in total. The Bertz CT molecular complexity index is 884. The van der Waals surface area contributed by atoms with Gasteiger partial charge in [-0.2, -0.15) is 0 Å². The molecule has 28 heavy (non-hydrogen) atoms. The van der Waals surface area contributed by atoms with E-state index in [4.69, 9.17) is 9.84 Å². The molecule has 0 unspecified atom stereocenters. The second kappa shape index (κ2) is 9.36. The van der Waals surface area contributed by atoms with Gasteiger partial charge in [-0.05, 0) is 30.2 Å². The number of aromatic carboxylic acids is 1. The molecule has 0 heterocycles. The number of hydrogen-bond acceptors (Lipinski definition) is 6. The number of amides is 1. The van der Waals surface area contributed by atoms with Crippen molar-refractivity contribution in [3.05, 3.63) is 63.7 Å². The topological polar surface area (TPSA) is 122 Å². The summed E-state index contributed by atoms with van der Waals surface area (Å²) in [7, 11) is 3.06. The van der Waals surface area contributed by atoms with Crippen LogP contribution in [0.1, 0.15) is 15.9 Å². The Balaban J connectivity index is 1.93. The zero-order valence-corrected chi connectivity index (χ0v) is 15.5. The van der Waals surface area contributed by atoms with Crippen molar-refractivity contribution in [1.29, 1.82) is 0 Å². The molecule has 0 radical (unpaired) electrons. The normalized spacial score (nSPS) is 10.2. The second-order valence-electron chi connectivity index (χ2n) is 6.03. The number of nitrogens with zero attached hydrogens (tertiary/aromatic N) is 2. The Morgan fingerprint density at radius 3 is 2.61 bits per heavy atom. The van der Waals surface area contributed by atoms with Crippen molar-refractivity contribution in [1.82, 2.24) is 5.32 Å². The molecule has 0 bridgehead atoms. The minimum Gasteiger partial charge on any atom is -0.496 e. The SMILES string of the molecule is COc1cc(C(=O)O)ccc1CCNC(=O)CN(C)c1ccccc1[N+](=O)[O-]. The molecule has 0 aromatic heterocycles. The molecule has 0 aliphatic heterocycles. The first kappa shape index (κ1) is 20.7. The van der Waals surface area contributed by atoms with Gasteiger partial charge in [-0.3, -0.25) is 14.9 Å². The van der Waals surface area contributed by atoms with Crippen LogP contribution in [0.25, 0.3) is 0 Å². The smallest absolute Gasteiger partial charge is 0.335 e. The molecular weight excluding hydrogens is 366 g/mol. The third-order valence-corrected chi connectivity index (χ3v) is 4.12. The molecule has 148 valence electrons. The van der Waals surface area contributed by atoms with Gasteiger partial charge in [-0.15, -0.1) is 0 Å². The Hall–Kier alpha value is -3.62. The maximum absolute atomic E-state index is 12.2. The predicted octanol–water partition coefficient (Wildman–Crippen LogP) is 2.10. The molecule has 2 aromatic carbocycles. The number of ether oxygens (including phenoxy) is 1. The first-order chi connectivity index (χ1) is 13.3. The Morgan fingerprint density at radius 2 is 1.96 bits per heavy atom. The lowest BCUT2D eigenvalue weighted by atomic mass is 10.1. The molecule has 0 atom stereocenters. The number of nitro groups is 1. The maximum Gasteiger partial charge on any atom is 0.335 e. The monoisotopic (exact) mass is 387 g/mol. The van der Waals surface area contributed by atoms with Crippen LogP contribution in [0.15, 0.2) is 42.5 Å². The second-order valence-corrected chi connectivity index (χ2v) is 6.03. The van der Waals surface area contributed by atoms with Crippen molar-refractivity contribution >= 4 is 23.3 Å². The number of carbonyl (C=O) groups excluding carboxylic acids is 1. The number of likely N-dealkylation sites (N-methyl/N-ethyl adjacent to an activating group) is 1. The van der Waals surface area contributed by atoms with Gasteiger partial charge in [-0.25, -0.2) is 4.79 Å². The number of nitrogens with one attached hydrogen (secondary N) is 1. The molecule has 0 aliphatic rings. The van der Waals surface area contributed by atoms with Gasteiger partial charge in [0.1, 0.15) is 11.4 Å². The van der Waals surface area contributed by atoms with Crippen molar-refractivity contribution in [2.24, 2.45) is 0 Å². The number of para-hydroxylation sites is 2. The predicted molar refractivity (Wildman–Crippen MR) is 103 cm³/mol. The average Bonchev–Trinajstić information content (AvgIpc) is 2.67. The maximum atomic E-state index is 12.2. The molecule has 1 amide bonds. The summed E-state index contributed by atoms with van der Waals surface area (Å²) in [5.74, 6) is -0.899. The molecule has 9 heteroatoms. The molecular formula is C19H21N3O6. The molecule has 0 aliphatic carbocycles. The van der Waals surface area contributed by atoms with E-state index >= 15 is 0 Å². The van der Waals surface area contributed by atoms with Crippen molar-refractivity contribution in [2.45, 2.75) is 6.42 Å². The van der Waals surface area contributed by atoms with Crippen LogP contribution in [0.3, 0.4) is 0 Å². The largest absolute Gasteiger partial charge is 0.496 e. The minimum atomic E-state index is -1.05. The molecule has 0 saturated carbocycles. The van der Waals surface area contributed by atoms with E-state index in [1.807, 2.05) is 0 Å². The lowest BCUT2D eigenvalue weighted by Crippen LogP contribution is -2.36. The Labute approximate surface area is 161 Å². The number of methoxy groups -OCH3 is 1. The number of carbonyl (C=O) groups is 2. The van der Waals surface area contributed by atoms with E-state index in [1.54, 1.807) is 31.3 Å². The highest BCUT2D eigenvalue weighted by atomic mass is 16.6. The number of hydrogen-bond donors (Lipinski definition) is 2. The number of carboxylic acids is 1. The van der Waals surface area contributed by atoms with E-state index in [2.05, 4.69) is 5.32 Å². The summed E-state index contributed by atoms with van der Waals surface area (Å²) in [5.41, 5.74) is 1.17. The van der Waals surface area contributed by atoms with Gasteiger partial charge >= 0.3 is 5.97 Å². The lowest BCUT2D eigenvalue weighted by Gasteiger charge is -2.18. The summed E-state index contributed by atoms with van der Waals surface area (Å²) in [4.78, 5) is 35.3. The number of nitro benzene ring substituents is 1. The van der Waals surface area contributed by atoms with E-state index in [9.17, 15) is 19.7 Å². The average molecular weight is 387 g/mol. The summed E-state index contributed by atoms with van der Waals surface area (Å²) < 4.78 is 5.20. The molecule has 0 fully saturated rings. The summed E-state index contributed by atoms with van der Waals surface area (Å²) in [6.07, 6.45) is 0.448. The fourth-order valence-electron chi connectivity index (χ4n) is 2.72. The highest BCUT2D eigenvalue weighted by Gasteiger charge is 2.18. The summed E-state index contributed by atoms with van der Waals surface area (Å²) >= 11 is 0. The summed E-state index contributed by atoms with van der Waals surface area (Å²) in [6, 6.07) is 10.8.